The predicted molar refractivity (Wildman–Crippen MR) is 90.3 cm³/mol. The van der Waals surface area contributed by atoms with Gasteiger partial charge in [0.1, 0.15) is 11.3 Å². The molecule has 3 aromatic rings. The molecule has 3 nitrogen and oxygen atoms in total. The standard InChI is InChI=1S/C18H19ClN2O/c1-12-10-14(19)9-8-13(12)11-21-16-7-5-4-6-15(16)17(20-21)18(2,3)22/h4-10,22H,11H2,1-3H3. The first-order valence-corrected chi connectivity index (χ1v) is 7.67. The summed E-state index contributed by atoms with van der Waals surface area (Å²) in [5, 5.41) is 16.7. The van der Waals surface area contributed by atoms with Crippen LogP contribution >= 0.6 is 11.6 Å². The molecule has 3 rings (SSSR count). The number of benzene rings is 2. The van der Waals surface area contributed by atoms with Gasteiger partial charge in [-0.25, -0.2) is 0 Å². The Morgan fingerprint density at radius 1 is 1.18 bits per heavy atom. The molecule has 0 saturated heterocycles. The van der Waals surface area contributed by atoms with Crippen molar-refractivity contribution in [2.24, 2.45) is 0 Å². The van der Waals surface area contributed by atoms with E-state index in [0.717, 1.165) is 21.5 Å². The molecule has 22 heavy (non-hydrogen) atoms. The Balaban J connectivity index is 2.11. The van der Waals surface area contributed by atoms with Gasteiger partial charge in [0, 0.05) is 10.4 Å². The summed E-state index contributed by atoms with van der Waals surface area (Å²) in [6.45, 7) is 6.22. The average molecular weight is 315 g/mol. The van der Waals surface area contributed by atoms with Crippen LogP contribution < -0.4 is 0 Å². The highest BCUT2D eigenvalue weighted by Gasteiger charge is 2.24. The zero-order valence-corrected chi connectivity index (χ0v) is 13.7. The number of aryl methyl sites for hydroxylation is 1. The fourth-order valence-corrected chi connectivity index (χ4v) is 2.92. The van der Waals surface area contributed by atoms with E-state index in [1.54, 1.807) is 13.8 Å². The van der Waals surface area contributed by atoms with Gasteiger partial charge in [-0.15, -0.1) is 0 Å². The Morgan fingerprint density at radius 3 is 2.59 bits per heavy atom. The first-order valence-electron chi connectivity index (χ1n) is 7.29. The SMILES string of the molecule is Cc1cc(Cl)ccc1Cn1nc(C(C)(C)O)c2ccccc21. The highest BCUT2D eigenvalue weighted by molar-refractivity contribution is 6.30. The van der Waals surface area contributed by atoms with Crippen molar-refractivity contribution < 1.29 is 5.11 Å². The minimum absolute atomic E-state index is 0.652. The predicted octanol–water partition coefficient (Wildman–Crippen LogP) is 4.27. The molecule has 1 heterocycles. The van der Waals surface area contributed by atoms with Crippen molar-refractivity contribution in [3.05, 3.63) is 64.3 Å². The molecule has 0 radical (unpaired) electrons. The van der Waals surface area contributed by atoms with Crippen LogP contribution in [0.4, 0.5) is 0 Å². The van der Waals surface area contributed by atoms with Gasteiger partial charge in [-0.1, -0.05) is 35.9 Å². The Morgan fingerprint density at radius 2 is 1.91 bits per heavy atom. The topological polar surface area (TPSA) is 38.0 Å². The van der Waals surface area contributed by atoms with E-state index in [1.807, 2.05) is 54.1 Å². The number of para-hydroxylation sites is 1. The van der Waals surface area contributed by atoms with Crippen molar-refractivity contribution in [1.82, 2.24) is 9.78 Å². The molecule has 0 saturated carbocycles. The Bertz CT molecular complexity index is 831. The number of hydrogen-bond donors (Lipinski definition) is 1. The van der Waals surface area contributed by atoms with Crippen molar-refractivity contribution in [2.45, 2.75) is 32.9 Å². The van der Waals surface area contributed by atoms with Gasteiger partial charge in [0.2, 0.25) is 0 Å². The van der Waals surface area contributed by atoms with E-state index in [1.165, 1.54) is 5.56 Å². The van der Waals surface area contributed by atoms with Crippen molar-refractivity contribution in [3.8, 4) is 0 Å². The lowest BCUT2D eigenvalue weighted by atomic mass is 10.0. The van der Waals surface area contributed by atoms with Crippen LogP contribution in [0, 0.1) is 6.92 Å². The van der Waals surface area contributed by atoms with E-state index in [-0.39, 0.29) is 0 Å². The molecule has 0 aliphatic carbocycles. The van der Waals surface area contributed by atoms with E-state index in [4.69, 9.17) is 11.6 Å². The third-order valence-electron chi connectivity index (χ3n) is 3.86. The Kier molecular flexibility index (Phi) is 3.71. The molecular formula is C18H19ClN2O. The Hall–Kier alpha value is -1.84. The molecule has 0 aliphatic rings. The zero-order chi connectivity index (χ0) is 15.9. The largest absolute Gasteiger partial charge is 0.384 e. The molecule has 0 unspecified atom stereocenters. The molecule has 1 N–H and O–H groups in total. The number of aliphatic hydroxyl groups is 1. The van der Waals surface area contributed by atoms with Crippen LogP contribution in [0.15, 0.2) is 42.5 Å². The maximum absolute atomic E-state index is 10.4. The maximum Gasteiger partial charge on any atom is 0.103 e. The van der Waals surface area contributed by atoms with Crippen LogP contribution in [0.5, 0.6) is 0 Å². The van der Waals surface area contributed by atoms with E-state index >= 15 is 0 Å². The number of hydrogen-bond acceptors (Lipinski definition) is 2. The van der Waals surface area contributed by atoms with Gasteiger partial charge in [-0.2, -0.15) is 5.10 Å². The smallest absolute Gasteiger partial charge is 0.103 e. The van der Waals surface area contributed by atoms with Crippen molar-refractivity contribution >= 4 is 22.5 Å². The lowest BCUT2D eigenvalue weighted by Crippen LogP contribution is -2.17. The summed E-state index contributed by atoms with van der Waals surface area (Å²) in [4.78, 5) is 0. The number of halogens is 1. The quantitative estimate of drug-likeness (QED) is 0.784. The van der Waals surface area contributed by atoms with E-state index in [2.05, 4.69) is 5.10 Å². The lowest BCUT2D eigenvalue weighted by Gasteiger charge is -2.14. The fourth-order valence-electron chi connectivity index (χ4n) is 2.70. The molecule has 0 amide bonds. The second-order valence-corrected chi connectivity index (χ2v) is 6.59. The van der Waals surface area contributed by atoms with Crippen molar-refractivity contribution in [2.75, 3.05) is 0 Å². The van der Waals surface area contributed by atoms with Crippen molar-refractivity contribution in [1.29, 1.82) is 0 Å². The van der Waals surface area contributed by atoms with Gasteiger partial charge < -0.3 is 5.11 Å². The first-order chi connectivity index (χ1) is 10.4. The summed E-state index contributed by atoms with van der Waals surface area (Å²) >= 11 is 6.02. The van der Waals surface area contributed by atoms with Gasteiger partial charge in [0.15, 0.2) is 0 Å². The van der Waals surface area contributed by atoms with Crippen molar-refractivity contribution in [3.63, 3.8) is 0 Å². The maximum atomic E-state index is 10.4. The van der Waals surface area contributed by atoms with Crippen LogP contribution in [0.1, 0.15) is 30.7 Å². The number of nitrogens with zero attached hydrogens (tertiary/aromatic N) is 2. The van der Waals surface area contributed by atoms with Gasteiger partial charge >= 0.3 is 0 Å². The van der Waals surface area contributed by atoms with Crippen LogP contribution in [-0.2, 0) is 12.1 Å². The molecular weight excluding hydrogens is 296 g/mol. The molecule has 114 valence electrons. The summed E-state index contributed by atoms with van der Waals surface area (Å²) in [6, 6.07) is 13.9. The molecule has 0 bridgehead atoms. The van der Waals surface area contributed by atoms with Gasteiger partial charge in [-0.05, 0) is 50.1 Å². The number of rotatable bonds is 3. The molecule has 0 aliphatic heterocycles. The molecule has 4 heteroatoms. The van der Waals surface area contributed by atoms with Gasteiger partial charge in [-0.3, -0.25) is 4.68 Å². The summed E-state index contributed by atoms with van der Waals surface area (Å²) in [7, 11) is 0. The summed E-state index contributed by atoms with van der Waals surface area (Å²) in [5.41, 5.74) is 3.06. The lowest BCUT2D eigenvalue weighted by molar-refractivity contribution is 0.0746. The molecule has 0 fully saturated rings. The normalized spacial score (nSPS) is 12.0. The molecule has 2 aromatic carbocycles. The van der Waals surface area contributed by atoms with Crippen LogP contribution in [0.2, 0.25) is 5.02 Å². The molecule has 1 aromatic heterocycles. The second kappa shape index (κ2) is 5.41. The first kappa shape index (κ1) is 15.1. The van der Waals surface area contributed by atoms with E-state index in [0.29, 0.717) is 12.2 Å². The summed E-state index contributed by atoms with van der Waals surface area (Å²) < 4.78 is 1.94. The number of aromatic nitrogens is 2. The average Bonchev–Trinajstić information content (AvgIpc) is 2.81. The van der Waals surface area contributed by atoms with Gasteiger partial charge in [0.25, 0.3) is 0 Å². The minimum Gasteiger partial charge on any atom is -0.384 e. The highest BCUT2D eigenvalue weighted by atomic mass is 35.5. The monoisotopic (exact) mass is 314 g/mol. The Labute approximate surface area is 135 Å². The van der Waals surface area contributed by atoms with Crippen LogP contribution in [0.3, 0.4) is 0 Å². The fraction of sp³-hybridized carbons (Fsp3) is 0.278. The van der Waals surface area contributed by atoms with Crippen LogP contribution in [0.25, 0.3) is 10.9 Å². The zero-order valence-electron chi connectivity index (χ0n) is 13.0. The van der Waals surface area contributed by atoms with E-state index in [9.17, 15) is 5.11 Å². The third kappa shape index (κ3) is 2.74. The highest BCUT2D eigenvalue weighted by Crippen LogP contribution is 2.28. The second-order valence-electron chi connectivity index (χ2n) is 6.15. The minimum atomic E-state index is -0.972. The van der Waals surface area contributed by atoms with E-state index < -0.39 is 5.60 Å². The van der Waals surface area contributed by atoms with Gasteiger partial charge in [0.05, 0.1) is 12.1 Å². The van der Waals surface area contributed by atoms with Crippen LogP contribution in [-0.4, -0.2) is 14.9 Å². The summed E-state index contributed by atoms with van der Waals surface area (Å²) in [5.74, 6) is 0. The number of fused-ring (bicyclic) bond motifs is 1. The molecule has 0 atom stereocenters. The third-order valence-corrected chi connectivity index (χ3v) is 4.10. The molecule has 0 spiro atoms. The summed E-state index contributed by atoms with van der Waals surface area (Å²) in [6.07, 6.45) is 0.